The first-order valence-corrected chi connectivity index (χ1v) is 11.3. The minimum atomic E-state index is -0.127. The fourth-order valence-corrected chi connectivity index (χ4v) is 5.64. The first kappa shape index (κ1) is 20.2. The Hall–Kier alpha value is -2.75. The molecule has 0 radical (unpaired) electrons. The van der Waals surface area contributed by atoms with Crippen LogP contribution < -0.4 is 16.2 Å². The van der Waals surface area contributed by atoms with E-state index >= 15 is 0 Å². The lowest BCUT2D eigenvalue weighted by Gasteiger charge is -2.34. The molecule has 6 heteroatoms. The van der Waals surface area contributed by atoms with Crippen molar-refractivity contribution in [3.05, 3.63) is 64.5 Å². The molecule has 3 fully saturated rings. The fourth-order valence-electron chi connectivity index (χ4n) is 5.64. The second-order valence-corrected chi connectivity index (χ2v) is 9.37. The van der Waals surface area contributed by atoms with Gasteiger partial charge < -0.3 is 5.32 Å². The molecule has 0 spiro atoms. The summed E-state index contributed by atoms with van der Waals surface area (Å²) in [5, 5.41) is 12.4. The average molecular weight is 416 g/mol. The summed E-state index contributed by atoms with van der Waals surface area (Å²) in [4.78, 5) is 17.2. The van der Waals surface area contributed by atoms with Crippen molar-refractivity contribution >= 4 is 5.91 Å². The second kappa shape index (κ2) is 8.07. The molecule has 1 saturated heterocycles. The number of nitriles is 1. The van der Waals surface area contributed by atoms with Crippen LogP contribution in [-0.4, -0.2) is 29.0 Å². The van der Waals surface area contributed by atoms with E-state index in [1.807, 2.05) is 13.8 Å². The Kier molecular flexibility index (Phi) is 5.25. The Bertz CT molecular complexity index is 1030. The van der Waals surface area contributed by atoms with Crippen LogP contribution in [0.4, 0.5) is 0 Å². The van der Waals surface area contributed by atoms with Crippen LogP contribution in [0.5, 0.6) is 0 Å². The van der Waals surface area contributed by atoms with Crippen LogP contribution in [0.3, 0.4) is 0 Å². The number of nitrogens with one attached hydrogen (secondary N) is 3. The lowest BCUT2D eigenvalue weighted by Crippen LogP contribution is -2.45. The van der Waals surface area contributed by atoms with Crippen molar-refractivity contribution in [3.63, 3.8) is 0 Å². The number of carbonyl (C=O) groups is 1. The summed E-state index contributed by atoms with van der Waals surface area (Å²) < 4.78 is 0. The van der Waals surface area contributed by atoms with Crippen molar-refractivity contribution in [2.45, 2.75) is 63.6 Å². The van der Waals surface area contributed by atoms with Gasteiger partial charge in [0.1, 0.15) is 11.8 Å². The molecule has 31 heavy (non-hydrogen) atoms. The van der Waals surface area contributed by atoms with Gasteiger partial charge in [-0.1, -0.05) is 30.3 Å². The predicted molar refractivity (Wildman–Crippen MR) is 118 cm³/mol. The van der Waals surface area contributed by atoms with Gasteiger partial charge in [-0.15, -0.1) is 0 Å². The van der Waals surface area contributed by atoms with Crippen LogP contribution in [0.2, 0.25) is 0 Å². The Balaban J connectivity index is 1.25. The number of hydrogen-bond acceptors (Lipinski definition) is 5. The molecule has 3 N–H and O–H groups in total. The SMILES string of the molecule is Cc1c(C#N)cnc(C(=O)NC2CCC3NNC(C4CC4c4ccccc4)C3C2)c1C. The summed E-state index contributed by atoms with van der Waals surface area (Å²) >= 11 is 0. The zero-order chi connectivity index (χ0) is 21.5. The molecule has 5 rings (SSSR count). The monoisotopic (exact) mass is 415 g/mol. The molecule has 1 amide bonds. The number of nitrogens with zero attached hydrogens (tertiary/aromatic N) is 2. The average Bonchev–Trinajstić information content (AvgIpc) is 3.48. The maximum Gasteiger partial charge on any atom is 0.270 e. The van der Waals surface area contributed by atoms with Gasteiger partial charge in [-0.2, -0.15) is 5.26 Å². The summed E-state index contributed by atoms with van der Waals surface area (Å²) in [5.41, 5.74) is 11.1. The highest BCUT2D eigenvalue weighted by molar-refractivity contribution is 5.94. The van der Waals surface area contributed by atoms with Gasteiger partial charge in [-0.25, -0.2) is 4.98 Å². The maximum atomic E-state index is 13.0. The zero-order valence-electron chi connectivity index (χ0n) is 18.1. The second-order valence-electron chi connectivity index (χ2n) is 9.37. The molecule has 6 nitrogen and oxygen atoms in total. The molecular formula is C25H29N5O. The van der Waals surface area contributed by atoms with E-state index in [2.05, 4.69) is 57.6 Å². The number of carbonyl (C=O) groups excluding carboxylic acids is 1. The predicted octanol–water partition coefficient (Wildman–Crippen LogP) is 3.12. The quantitative estimate of drug-likeness (QED) is 0.714. The van der Waals surface area contributed by atoms with Crippen LogP contribution >= 0.6 is 0 Å². The molecule has 1 aromatic heterocycles. The third-order valence-corrected chi connectivity index (χ3v) is 7.64. The number of hydrazine groups is 1. The normalized spacial score (nSPS) is 31.5. The minimum absolute atomic E-state index is 0.127. The van der Waals surface area contributed by atoms with Crippen LogP contribution in [0.25, 0.3) is 0 Å². The smallest absolute Gasteiger partial charge is 0.270 e. The van der Waals surface area contributed by atoms with E-state index in [9.17, 15) is 10.1 Å². The minimum Gasteiger partial charge on any atom is -0.348 e. The highest BCUT2D eigenvalue weighted by Crippen LogP contribution is 2.53. The first-order valence-electron chi connectivity index (χ1n) is 11.3. The molecule has 0 bridgehead atoms. The van der Waals surface area contributed by atoms with Gasteiger partial charge in [-0.05, 0) is 74.0 Å². The number of rotatable bonds is 4. The van der Waals surface area contributed by atoms with Gasteiger partial charge in [0.2, 0.25) is 0 Å². The van der Waals surface area contributed by atoms with Crippen molar-refractivity contribution in [1.82, 2.24) is 21.2 Å². The maximum absolute atomic E-state index is 13.0. The molecule has 1 aliphatic heterocycles. The third kappa shape index (κ3) is 3.73. The Morgan fingerprint density at radius 2 is 1.90 bits per heavy atom. The summed E-state index contributed by atoms with van der Waals surface area (Å²) in [6, 6.07) is 14.0. The number of pyridine rings is 1. The number of fused-ring (bicyclic) bond motifs is 1. The van der Waals surface area contributed by atoms with Crippen LogP contribution in [0.1, 0.15) is 64.3 Å². The summed E-state index contributed by atoms with van der Waals surface area (Å²) in [6.45, 7) is 3.74. The molecule has 3 aliphatic rings. The summed E-state index contributed by atoms with van der Waals surface area (Å²) in [6.07, 6.45) is 5.74. The lowest BCUT2D eigenvalue weighted by atomic mass is 9.77. The fraction of sp³-hybridized carbons (Fsp3) is 0.480. The van der Waals surface area contributed by atoms with E-state index in [1.165, 1.54) is 18.2 Å². The Morgan fingerprint density at radius 3 is 2.68 bits per heavy atom. The first-order chi connectivity index (χ1) is 15.1. The highest BCUT2D eigenvalue weighted by Gasteiger charge is 2.52. The van der Waals surface area contributed by atoms with Crippen LogP contribution in [-0.2, 0) is 0 Å². The topological polar surface area (TPSA) is 89.8 Å². The Labute approximate surface area is 183 Å². The van der Waals surface area contributed by atoms with Gasteiger partial charge in [0.05, 0.1) is 5.56 Å². The van der Waals surface area contributed by atoms with Gasteiger partial charge in [0.15, 0.2) is 0 Å². The van der Waals surface area contributed by atoms with Crippen molar-refractivity contribution in [3.8, 4) is 6.07 Å². The van der Waals surface area contributed by atoms with Crippen molar-refractivity contribution in [1.29, 1.82) is 5.26 Å². The summed E-state index contributed by atoms with van der Waals surface area (Å²) in [7, 11) is 0. The molecular weight excluding hydrogens is 386 g/mol. The van der Waals surface area contributed by atoms with Gasteiger partial charge in [0.25, 0.3) is 5.91 Å². The van der Waals surface area contributed by atoms with E-state index in [0.717, 1.165) is 30.4 Å². The van der Waals surface area contributed by atoms with Crippen molar-refractivity contribution in [2.24, 2.45) is 11.8 Å². The van der Waals surface area contributed by atoms with Crippen molar-refractivity contribution < 1.29 is 4.79 Å². The van der Waals surface area contributed by atoms with E-state index < -0.39 is 0 Å². The van der Waals surface area contributed by atoms with E-state index in [1.54, 1.807) is 0 Å². The van der Waals surface area contributed by atoms with Gasteiger partial charge in [0, 0.05) is 24.3 Å². The number of benzene rings is 1. The number of hydrogen-bond donors (Lipinski definition) is 3. The lowest BCUT2D eigenvalue weighted by molar-refractivity contribution is 0.0908. The molecule has 6 atom stereocenters. The number of amides is 1. The Morgan fingerprint density at radius 1 is 1.10 bits per heavy atom. The van der Waals surface area contributed by atoms with E-state index in [-0.39, 0.29) is 11.9 Å². The molecule has 2 aromatic rings. The molecule has 2 saturated carbocycles. The van der Waals surface area contributed by atoms with Crippen LogP contribution in [0.15, 0.2) is 36.5 Å². The molecule has 6 unspecified atom stereocenters. The number of aromatic nitrogens is 1. The van der Waals surface area contributed by atoms with Gasteiger partial charge in [-0.3, -0.25) is 15.6 Å². The molecule has 2 heterocycles. The standard InChI is InChI=1S/C25H29N5O/c1-14-15(2)23(27-13-17(14)12-26)25(31)28-18-8-9-22-21(10-18)24(30-29-22)20-11-19(20)16-6-4-3-5-7-16/h3-7,13,18-22,24,29-30H,8-11H2,1-2H3,(H,28,31). The highest BCUT2D eigenvalue weighted by atomic mass is 16.1. The van der Waals surface area contributed by atoms with Gasteiger partial charge >= 0.3 is 0 Å². The van der Waals surface area contributed by atoms with Crippen molar-refractivity contribution in [2.75, 3.05) is 0 Å². The molecule has 2 aliphatic carbocycles. The third-order valence-electron chi connectivity index (χ3n) is 7.64. The van der Waals surface area contributed by atoms with E-state index in [4.69, 9.17) is 0 Å². The zero-order valence-corrected chi connectivity index (χ0v) is 18.1. The van der Waals surface area contributed by atoms with E-state index in [0.29, 0.717) is 41.1 Å². The molecule has 160 valence electrons. The molecule has 1 aromatic carbocycles. The van der Waals surface area contributed by atoms with Crippen LogP contribution in [0, 0.1) is 37.0 Å². The summed E-state index contributed by atoms with van der Waals surface area (Å²) in [5.74, 6) is 1.69. The largest absolute Gasteiger partial charge is 0.348 e.